The Kier molecular flexibility index (Phi) is 6.66. The number of aryl methyl sites for hydroxylation is 2. The summed E-state index contributed by atoms with van der Waals surface area (Å²) in [6.45, 7) is 4.06. The summed E-state index contributed by atoms with van der Waals surface area (Å²) in [6.07, 6.45) is 7.22. The highest BCUT2D eigenvalue weighted by Gasteiger charge is 2.25. The van der Waals surface area contributed by atoms with Gasteiger partial charge in [-0.3, -0.25) is 23.6 Å². The van der Waals surface area contributed by atoms with Gasteiger partial charge in [0.15, 0.2) is 5.16 Å². The molecule has 1 saturated carbocycles. The number of nitrogens with zero attached hydrogens (tertiary/aromatic N) is 4. The fourth-order valence-electron chi connectivity index (χ4n) is 3.94. The normalized spacial score (nSPS) is 14.2. The Morgan fingerprint density at radius 2 is 2.00 bits per heavy atom. The average molecular weight is 475 g/mol. The van der Waals surface area contributed by atoms with Gasteiger partial charge in [-0.05, 0) is 32.3 Å². The van der Waals surface area contributed by atoms with Crippen molar-refractivity contribution in [2.24, 2.45) is 0 Å². The minimum Gasteiger partial charge on any atom is -0.358 e. The van der Waals surface area contributed by atoms with E-state index < -0.39 is 0 Å². The van der Waals surface area contributed by atoms with Gasteiger partial charge < -0.3 is 10.6 Å². The van der Waals surface area contributed by atoms with Crippen molar-refractivity contribution in [3.05, 3.63) is 33.2 Å². The van der Waals surface area contributed by atoms with E-state index in [0.717, 1.165) is 41.0 Å². The molecule has 0 aromatic carbocycles. The molecule has 0 saturated heterocycles. The van der Waals surface area contributed by atoms with Crippen LogP contribution >= 0.6 is 23.1 Å². The second-order valence-corrected chi connectivity index (χ2v) is 10.1. The Balaban J connectivity index is 1.52. The second kappa shape index (κ2) is 9.45. The van der Waals surface area contributed by atoms with Gasteiger partial charge in [0.05, 0.1) is 23.0 Å². The first-order valence-electron chi connectivity index (χ1n) is 10.5. The fraction of sp³-hybridized carbons (Fsp3) is 0.476. The summed E-state index contributed by atoms with van der Waals surface area (Å²) in [5.41, 5.74) is 1.51. The van der Waals surface area contributed by atoms with Crippen LogP contribution in [0.4, 0.5) is 5.69 Å². The average Bonchev–Trinajstić information content (AvgIpc) is 3.49. The number of hydrogen-bond acceptors (Lipinski definition) is 7. The highest BCUT2D eigenvalue weighted by Crippen LogP contribution is 2.34. The lowest BCUT2D eigenvalue weighted by molar-refractivity contribution is -0.121. The first-order chi connectivity index (χ1) is 15.4. The first-order valence-corrected chi connectivity index (χ1v) is 12.4. The number of hydrogen-bond donors (Lipinski definition) is 2. The first kappa shape index (κ1) is 22.5. The molecule has 170 valence electrons. The molecule has 1 aliphatic rings. The van der Waals surface area contributed by atoms with E-state index in [9.17, 15) is 14.4 Å². The summed E-state index contributed by atoms with van der Waals surface area (Å²) in [6, 6.07) is 0.132. The molecule has 0 aliphatic heterocycles. The number of anilines is 1. The SMILES string of the molecule is CNC(=O)Cn1cc(NC(=O)CSc2nc3sc(C)c(C)c3c(=O)n2C2CCCC2)cn1. The van der Waals surface area contributed by atoms with Crippen molar-refractivity contribution in [3.8, 4) is 0 Å². The minimum absolute atomic E-state index is 0.00198. The molecule has 0 atom stereocenters. The zero-order valence-corrected chi connectivity index (χ0v) is 19.9. The number of fused-ring (bicyclic) bond motifs is 1. The maximum absolute atomic E-state index is 13.4. The Bertz CT molecular complexity index is 1220. The molecular weight excluding hydrogens is 448 g/mol. The van der Waals surface area contributed by atoms with Gasteiger partial charge in [0.1, 0.15) is 11.4 Å². The lowest BCUT2D eigenvalue weighted by Gasteiger charge is -2.18. The van der Waals surface area contributed by atoms with E-state index in [1.165, 1.54) is 34.0 Å². The van der Waals surface area contributed by atoms with E-state index >= 15 is 0 Å². The van der Waals surface area contributed by atoms with Crippen molar-refractivity contribution in [1.82, 2.24) is 24.6 Å². The van der Waals surface area contributed by atoms with Gasteiger partial charge in [-0.15, -0.1) is 11.3 Å². The zero-order chi connectivity index (χ0) is 22.8. The molecule has 0 bridgehead atoms. The minimum atomic E-state index is -0.222. The molecule has 32 heavy (non-hydrogen) atoms. The van der Waals surface area contributed by atoms with Crippen molar-refractivity contribution >= 4 is 50.8 Å². The third kappa shape index (κ3) is 4.58. The van der Waals surface area contributed by atoms with Gasteiger partial charge in [-0.1, -0.05) is 24.6 Å². The van der Waals surface area contributed by atoms with Crippen LogP contribution in [0.2, 0.25) is 0 Å². The lowest BCUT2D eigenvalue weighted by atomic mass is 10.2. The Labute approximate surface area is 193 Å². The third-order valence-corrected chi connectivity index (χ3v) is 7.78. The van der Waals surface area contributed by atoms with Crippen LogP contribution in [-0.4, -0.2) is 43.9 Å². The predicted molar refractivity (Wildman–Crippen MR) is 127 cm³/mol. The monoisotopic (exact) mass is 474 g/mol. The van der Waals surface area contributed by atoms with Gasteiger partial charge in [-0.25, -0.2) is 4.98 Å². The number of likely N-dealkylation sites (N-methyl/N-ethyl adjacent to an activating group) is 1. The maximum atomic E-state index is 13.4. The Morgan fingerprint density at radius 3 is 2.72 bits per heavy atom. The molecule has 0 spiro atoms. The second-order valence-electron chi connectivity index (χ2n) is 7.91. The van der Waals surface area contributed by atoms with E-state index in [4.69, 9.17) is 4.98 Å². The molecule has 0 radical (unpaired) electrons. The number of amides is 2. The number of nitrogens with one attached hydrogen (secondary N) is 2. The molecule has 1 aliphatic carbocycles. The van der Waals surface area contributed by atoms with Gasteiger partial charge in [0.2, 0.25) is 11.8 Å². The van der Waals surface area contributed by atoms with E-state index in [2.05, 4.69) is 15.7 Å². The summed E-state index contributed by atoms with van der Waals surface area (Å²) in [5.74, 6) is -0.276. The lowest BCUT2D eigenvalue weighted by Crippen LogP contribution is -2.27. The number of carbonyl (C=O) groups excluding carboxylic acids is 2. The van der Waals surface area contributed by atoms with Crippen LogP contribution in [0.3, 0.4) is 0 Å². The fourth-order valence-corrected chi connectivity index (χ4v) is 5.88. The van der Waals surface area contributed by atoms with E-state index in [1.54, 1.807) is 13.2 Å². The third-order valence-electron chi connectivity index (χ3n) is 5.73. The van der Waals surface area contributed by atoms with Crippen molar-refractivity contribution in [2.75, 3.05) is 18.1 Å². The quantitative estimate of drug-likeness (QED) is 0.402. The number of rotatable bonds is 7. The van der Waals surface area contributed by atoms with Crippen molar-refractivity contribution < 1.29 is 9.59 Å². The topological polar surface area (TPSA) is 111 Å². The molecule has 1 fully saturated rings. The molecular formula is C21H26N6O3S2. The van der Waals surface area contributed by atoms with Crippen molar-refractivity contribution in [2.45, 2.75) is 57.3 Å². The summed E-state index contributed by atoms with van der Waals surface area (Å²) in [5, 5.41) is 10.7. The maximum Gasteiger partial charge on any atom is 0.263 e. The summed E-state index contributed by atoms with van der Waals surface area (Å²) < 4.78 is 3.27. The van der Waals surface area contributed by atoms with E-state index in [-0.39, 0.29) is 35.7 Å². The van der Waals surface area contributed by atoms with Crippen LogP contribution < -0.4 is 16.2 Å². The standard InChI is InChI=1S/C21H26N6O3S2/c1-12-13(2)32-19-18(12)20(30)27(15-6-4-5-7-15)21(25-19)31-11-17(29)24-14-8-23-26(9-14)10-16(28)22-3/h8-9,15H,4-7,10-11H2,1-3H3,(H,22,28)(H,24,29). The summed E-state index contributed by atoms with van der Waals surface area (Å²) in [4.78, 5) is 44.0. The summed E-state index contributed by atoms with van der Waals surface area (Å²) in [7, 11) is 1.56. The number of thioether (sulfide) groups is 1. The van der Waals surface area contributed by atoms with Crippen molar-refractivity contribution in [3.63, 3.8) is 0 Å². The molecule has 2 amide bonds. The highest BCUT2D eigenvalue weighted by atomic mass is 32.2. The molecule has 9 nitrogen and oxygen atoms in total. The Morgan fingerprint density at radius 1 is 1.25 bits per heavy atom. The molecule has 11 heteroatoms. The van der Waals surface area contributed by atoms with Gasteiger partial charge >= 0.3 is 0 Å². The van der Waals surface area contributed by atoms with Crippen LogP contribution in [-0.2, 0) is 16.1 Å². The summed E-state index contributed by atoms with van der Waals surface area (Å²) >= 11 is 2.80. The Hall–Kier alpha value is -2.66. The molecule has 0 unspecified atom stereocenters. The van der Waals surface area contributed by atoms with Gasteiger partial charge in [-0.2, -0.15) is 5.10 Å². The molecule has 2 N–H and O–H groups in total. The van der Waals surface area contributed by atoms with Crippen LogP contribution in [0.5, 0.6) is 0 Å². The van der Waals surface area contributed by atoms with Crippen LogP contribution in [0.15, 0.2) is 22.3 Å². The largest absolute Gasteiger partial charge is 0.358 e. The number of thiophene rings is 1. The van der Waals surface area contributed by atoms with Crippen LogP contribution in [0.25, 0.3) is 10.2 Å². The van der Waals surface area contributed by atoms with Crippen LogP contribution in [0.1, 0.15) is 42.2 Å². The molecule has 4 rings (SSSR count). The van der Waals surface area contributed by atoms with Gasteiger partial charge in [0.25, 0.3) is 5.56 Å². The van der Waals surface area contributed by atoms with E-state index in [0.29, 0.717) is 16.2 Å². The molecule has 3 aromatic rings. The van der Waals surface area contributed by atoms with Crippen LogP contribution in [0, 0.1) is 13.8 Å². The molecule has 3 aromatic heterocycles. The highest BCUT2D eigenvalue weighted by molar-refractivity contribution is 7.99. The van der Waals surface area contributed by atoms with Gasteiger partial charge in [0, 0.05) is 24.2 Å². The predicted octanol–water partition coefficient (Wildman–Crippen LogP) is 2.86. The zero-order valence-electron chi connectivity index (χ0n) is 18.3. The number of carbonyl (C=O) groups is 2. The van der Waals surface area contributed by atoms with Crippen molar-refractivity contribution in [1.29, 1.82) is 0 Å². The number of aromatic nitrogens is 4. The molecule has 3 heterocycles. The van der Waals surface area contributed by atoms with E-state index in [1.807, 2.05) is 18.4 Å². The smallest absolute Gasteiger partial charge is 0.263 e.